The summed E-state index contributed by atoms with van der Waals surface area (Å²) >= 11 is 5.60. The Bertz CT molecular complexity index is 518. The molecular formula is C18H22ClFO. The van der Waals surface area contributed by atoms with Crippen molar-refractivity contribution in [2.45, 2.75) is 51.6 Å². The first kappa shape index (κ1) is 16.2. The molecule has 1 fully saturated rings. The minimum atomic E-state index is -0.307. The van der Waals surface area contributed by atoms with Crippen molar-refractivity contribution in [2.24, 2.45) is 5.92 Å². The summed E-state index contributed by atoms with van der Waals surface area (Å²) in [5, 5.41) is 0. The molecule has 0 amide bonds. The van der Waals surface area contributed by atoms with Gasteiger partial charge >= 0.3 is 0 Å². The zero-order valence-corrected chi connectivity index (χ0v) is 13.3. The number of benzene rings is 1. The summed E-state index contributed by atoms with van der Waals surface area (Å²) in [6.45, 7) is 2.18. The molecular weight excluding hydrogens is 287 g/mol. The van der Waals surface area contributed by atoms with Gasteiger partial charge in [-0.3, -0.25) is 0 Å². The van der Waals surface area contributed by atoms with Crippen molar-refractivity contribution < 1.29 is 9.13 Å². The molecule has 21 heavy (non-hydrogen) atoms. The first-order valence-electron chi connectivity index (χ1n) is 7.75. The SMILES string of the molecule is CCC1CCCCC1Oc1cc(C#CCCCl)ccc1F. The first-order chi connectivity index (χ1) is 10.2. The third-order valence-electron chi connectivity index (χ3n) is 4.03. The van der Waals surface area contributed by atoms with Gasteiger partial charge in [0.15, 0.2) is 11.6 Å². The van der Waals surface area contributed by atoms with Crippen molar-refractivity contribution in [1.82, 2.24) is 0 Å². The Balaban J connectivity index is 2.11. The molecule has 0 bridgehead atoms. The zero-order valence-electron chi connectivity index (χ0n) is 12.5. The van der Waals surface area contributed by atoms with Crippen LogP contribution in [-0.4, -0.2) is 12.0 Å². The maximum atomic E-state index is 13.9. The minimum absolute atomic E-state index is 0.129. The Morgan fingerprint density at radius 2 is 2.14 bits per heavy atom. The van der Waals surface area contributed by atoms with Gasteiger partial charge in [0.2, 0.25) is 0 Å². The van der Waals surface area contributed by atoms with Crippen LogP contribution in [0.15, 0.2) is 18.2 Å². The van der Waals surface area contributed by atoms with Crippen molar-refractivity contribution >= 4 is 11.6 Å². The van der Waals surface area contributed by atoms with Gasteiger partial charge in [0.25, 0.3) is 0 Å². The van der Waals surface area contributed by atoms with Crippen LogP contribution in [0.4, 0.5) is 4.39 Å². The standard InChI is InChI=1S/C18H22ClFO/c1-2-15-8-3-4-9-17(15)21-18-13-14(7-5-6-12-19)10-11-16(18)20/h10-11,13,15,17H,2-4,6,8-9,12H2,1H3. The van der Waals surface area contributed by atoms with Crippen molar-refractivity contribution in [3.8, 4) is 17.6 Å². The van der Waals surface area contributed by atoms with E-state index in [2.05, 4.69) is 18.8 Å². The van der Waals surface area contributed by atoms with Gasteiger partial charge in [-0.2, -0.15) is 0 Å². The topological polar surface area (TPSA) is 9.23 Å². The molecule has 1 aromatic carbocycles. The van der Waals surface area contributed by atoms with Crippen LogP contribution in [0.3, 0.4) is 0 Å². The van der Waals surface area contributed by atoms with Crippen LogP contribution in [-0.2, 0) is 0 Å². The lowest BCUT2D eigenvalue weighted by atomic mass is 9.85. The van der Waals surface area contributed by atoms with Gasteiger partial charge in [0, 0.05) is 17.9 Å². The molecule has 1 nitrogen and oxygen atoms in total. The Hall–Kier alpha value is -1.20. The molecule has 0 spiro atoms. The molecule has 114 valence electrons. The lowest BCUT2D eigenvalue weighted by molar-refractivity contribution is 0.0863. The van der Waals surface area contributed by atoms with E-state index in [0.29, 0.717) is 24.0 Å². The Labute approximate surface area is 131 Å². The average molecular weight is 309 g/mol. The predicted octanol–water partition coefficient (Wildman–Crippen LogP) is 5.15. The van der Waals surface area contributed by atoms with Crippen LogP contribution in [0.25, 0.3) is 0 Å². The third kappa shape index (κ3) is 4.64. The van der Waals surface area contributed by atoms with E-state index in [0.717, 1.165) is 24.8 Å². The third-order valence-corrected chi connectivity index (χ3v) is 4.21. The molecule has 1 saturated carbocycles. The van der Waals surface area contributed by atoms with Crippen LogP contribution in [0, 0.1) is 23.6 Å². The molecule has 0 aliphatic heterocycles. The van der Waals surface area contributed by atoms with Gasteiger partial charge in [-0.05, 0) is 49.8 Å². The summed E-state index contributed by atoms with van der Waals surface area (Å²) in [4.78, 5) is 0. The second-order valence-electron chi connectivity index (χ2n) is 5.50. The fourth-order valence-electron chi connectivity index (χ4n) is 2.84. The van der Waals surface area contributed by atoms with Gasteiger partial charge in [-0.25, -0.2) is 4.39 Å². The maximum absolute atomic E-state index is 13.9. The van der Waals surface area contributed by atoms with Crippen LogP contribution < -0.4 is 4.74 Å². The number of halogens is 2. The van der Waals surface area contributed by atoms with E-state index in [1.165, 1.54) is 18.9 Å². The summed E-state index contributed by atoms with van der Waals surface area (Å²) in [7, 11) is 0. The number of hydrogen-bond acceptors (Lipinski definition) is 1. The van der Waals surface area contributed by atoms with E-state index in [9.17, 15) is 4.39 Å². The van der Waals surface area contributed by atoms with Crippen molar-refractivity contribution in [3.05, 3.63) is 29.6 Å². The molecule has 1 aromatic rings. The van der Waals surface area contributed by atoms with Crippen LogP contribution in [0.2, 0.25) is 0 Å². The molecule has 0 aromatic heterocycles. The van der Waals surface area contributed by atoms with Crippen LogP contribution >= 0.6 is 11.6 Å². The molecule has 0 saturated heterocycles. The summed E-state index contributed by atoms with van der Waals surface area (Å²) < 4.78 is 19.9. The fourth-order valence-corrected chi connectivity index (χ4v) is 2.94. The molecule has 0 radical (unpaired) electrons. The Morgan fingerprint density at radius 1 is 1.33 bits per heavy atom. The predicted molar refractivity (Wildman–Crippen MR) is 85.3 cm³/mol. The zero-order chi connectivity index (χ0) is 15.1. The highest BCUT2D eigenvalue weighted by Crippen LogP contribution is 2.31. The van der Waals surface area contributed by atoms with E-state index in [1.807, 2.05) is 0 Å². The van der Waals surface area contributed by atoms with Gasteiger partial charge < -0.3 is 4.74 Å². The van der Waals surface area contributed by atoms with Gasteiger partial charge in [-0.15, -0.1) is 11.6 Å². The number of ether oxygens (including phenoxy) is 1. The van der Waals surface area contributed by atoms with Gasteiger partial charge in [0.1, 0.15) is 6.10 Å². The smallest absolute Gasteiger partial charge is 0.165 e. The number of rotatable bonds is 4. The van der Waals surface area contributed by atoms with E-state index < -0.39 is 0 Å². The summed E-state index contributed by atoms with van der Waals surface area (Å²) in [5.74, 6) is 7.02. The van der Waals surface area contributed by atoms with Crippen LogP contribution in [0.5, 0.6) is 5.75 Å². The van der Waals surface area contributed by atoms with Crippen molar-refractivity contribution in [2.75, 3.05) is 5.88 Å². The Kier molecular flexibility index (Phi) is 6.39. The molecule has 2 rings (SSSR count). The molecule has 3 heteroatoms. The van der Waals surface area contributed by atoms with E-state index in [1.54, 1.807) is 12.1 Å². The highest BCUT2D eigenvalue weighted by Gasteiger charge is 2.26. The van der Waals surface area contributed by atoms with E-state index in [4.69, 9.17) is 16.3 Å². The second-order valence-corrected chi connectivity index (χ2v) is 5.87. The molecule has 1 aliphatic rings. The van der Waals surface area contributed by atoms with E-state index >= 15 is 0 Å². The highest BCUT2D eigenvalue weighted by atomic mass is 35.5. The highest BCUT2D eigenvalue weighted by molar-refractivity contribution is 6.18. The molecule has 2 unspecified atom stereocenters. The van der Waals surface area contributed by atoms with Gasteiger partial charge in [-0.1, -0.05) is 25.2 Å². The maximum Gasteiger partial charge on any atom is 0.165 e. The summed E-state index contributed by atoms with van der Waals surface area (Å²) in [6, 6.07) is 4.82. The van der Waals surface area contributed by atoms with Gasteiger partial charge in [0.05, 0.1) is 0 Å². The average Bonchev–Trinajstić information content (AvgIpc) is 2.51. The normalized spacial score (nSPS) is 21.5. The summed E-state index contributed by atoms with van der Waals surface area (Å²) in [5.41, 5.74) is 0.778. The fraction of sp³-hybridized carbons (Fsp3) is 0.556. The van der Waals surface area contributed by atoms with Crippen molar-refractivity contribution in [1.29, 1.82) is 0 Å². The Morgan fingerprint density at radius 3 is 2.90 bits per heavy atom. The quantitative estimate of drug-likeness (QED) is 0.552. The lowest BCUT2D eigenvalue weighted by Crippen LogP contribution is -2.30. The number of hydrogen-bond donors (Lipinski definition) is 0. The lowest BCUT2D eigenvalue weighted by Gasteiger charge is -2.31. The monoisotopic (exact) mass is 308 g/mol. The van der Waals surface area contributed by atoms with E-state index in [-0.39, 0.29) is 11.9 Å². The molecule has 0 heterocycles. The second kappa shape index (κ2) is 8.29. The van der Waals surface area contributed by atoms with Crippen molar-refractivity contribution in [3.63, 3.8) is 0 Å². The molecule has 2 atom stereocenters. The van der Waals surface area contributed by atoms with Crippen LogP contribution in [0.1, 0.15) is 51.0 Å². The number of alkyl halides is 1. The minimum Gasteiger partial charge on any atom is -0.487 e. The molecule has 1 aliphatic carbocycles. The molecule has 0 N–H and O–H groups in total. The summed E-state index contributed by atoms with van der Waals surface area (Å²) in [6.07, 6.45) is 6.46. The first-order valence-corrected chi connectivity index (χ1v) is 8.29. The largest absolute Gasteiger partial charge is 0.487 e.